The Labute approximate surface area is 73.4 Å². The van der Waals surface area contributed by atoms with Gasteiger partial charge in [0.2, 0.25) is 0 Å². The van der Waals surface area contributed by atoms with Crippen LogP contribution < -0.4 is 4.74 Å². The number of hydrogen-bond acceptors (Lipinski definition) is 1. The predicted molar refractivity (Wildman–Crippen MR) is 49.4 cm³/mol. The molecular weight excluding hydrogens is 148 g/mol. The first-order chi connectivity index (χ1) is 5.88. The number of methoxy groups -OCH3 is 1. The molecule has 1 fully saturated rings. The van der Waals surface area contributed by atoms with Crippen LogP contribution in [0.3, 0.4) is 0 Å². The highest BCUT2D eigenvalue weighted by Crippen LogP contribution is 2.33. The summed E-state index contributed by atoms with van der Waals surface area (Å²) in [6, 6.07) is 8.38. The van der Waals surface area contributed by atoms with E-state index in [4.69, 9.17) is 4.74 Å². The second kappa shape index (κ2) is 3.18. The van der Waals surface area contributed by atoms with Crippen molar-refractivity contribution in [1.29, 1.82) is 0 Å². The van der Waals surface area contributed by atoms with E-state index in [1.54, 1.807) is 7.11 Å². The number of rotatable bonds is 3. The van der Waals surface area contributed by atoms with Crippen LogP contribution in [0.5, 0.6) is 5.75 Å². The van der Waals surface area contributed by atoms with Crippen molar-refractivity contribution in [2.24, 2.45) is 5.92 Å². The molecule has 1 aromatic rings. The van der Waals surface area contributed by atoms with Gasteiger partial charge in [-0.1, -0.05) is 12.1 Å². The molecular formula is C11H14O. The van der Waals surface area contributed by atoms with Gasteiger partial charge in [0.15, 0.2) is 0 Å². The van der Waals surface area contributed by atoms with Crippen molar-refractivity contribution >= 4 is 0 Å². The van der Waals surface area contributed by atoms with Gasteiger partial charge in [0, 0.05) is 0 Å². The molecule has 1 heteroatoms. The van der Waals surface area contributed by atoms with E-state index in [1.165, 1.54) is 24.8 Å². The molecule has 1 nitrogen and oxygen atoms in total. The second-order valence-electron chi connectivity index (χ2n) is 3.50. The lowest BCUT2D eigenvalue weighted by molar-refractivity contribution is 0.414. The lowest BCUT2D eigenvalue weighted by Gasteiger charge is -2.02. The molecule has 1 aromatic carbocycles. The zero-order chi connectivity index (χ0) is 8.39. The minimum absolute atomic E-state index is 0.956. The Hall–Kier alpha value is -0.980. The van der Waals surface area contributed by atoms with E-state index in [1.807, 2.05) is 6.07 Å². The highest BCUT2D eigenvalue weighted by atomic mass is 16.5. The molecule has 0 saturated heterocycles. The molecule has 1 aliphatic rings. The monoisotopic (exact) mass is 162 g/mol. The van der Waals surface area contributed by atoms with Gasteiger partial charge in [0.25, 0.3) is 0 Å². The Bertz CT molecular complexity index is 263. The first kappa shape index (κ1) is 7.66. The Morgan fingerprint density at radius 2 is 2.25 bits per heavy atom. The highest BCUT2D eigenvalue weighted by Gasteiger charge is 2.21. The van der Waals surface area contributed by atoms with Gasteiger partial charge in [-0.25, -0.2) is 0 Å². The Morgan fingerprint density at radius 3 is 2.92 bits per heavy atom. The van der Waals surface area contributed by atoms with Gasteiger partial charge in [0.05, 0.1) is 7.11 Å². The fraction of sp³-hybridized carbons (Fsp3) is 0.455. The summed E-state index contributed by atoms with van der Waals surface area (Å²) in [5.74, 6) is 1.94. The largest absolute Gasteiger partial charge is 0.497 e. The molecule has 1 saturated carbocycles. The third kappa shape index (κ3) is 1.79. The highest BCUT2D eigenvalue weighted by molar-refractivity contribution is 5.28. The van der Waals surface area contributed by atoms with Gasteiger partial charge in [-0.05, 0) is 42.9 Å². The average Bonchev–Trinajstić information content (AvgIpc) is 2.89. The van der Waals surface area contributed by atoms with Crippen LogP contribution in [0, 0.1) is 5.92 Å². The first-order valence-corrected chi connectivity index (χ1v) is 4.51. The summed E-state index contributed by atoms with van der Waals surface area (Å²) >= 11 is 0. The summed E-state index contributed by atoms with van der Waals surface area (Å²) < 4.78 is 5.16. The van der Waals surface area contributed by atoms with Crippen molar-refractivity contribution in [1.82, 2.24) is 0 Å². The van der Waals surface area contributed by atoms with E-state index < -0.39 is 0 Å². The van der Waals surface area contributed by atoms with Crippen molar-refractivity contribution in [2.75, 3.05) is 7.11 Å². The summed E-state index contributed by atoms with van der Waals surface area (Å²) in [5, 5.41) is 0. The molecule has 64 valence electrons. The first-order valence-electron chi connectivity index (χ1n) is 4.51. The van der Waals surface area contributed by atoms with Crippen LogP contribution in [0.25, 0.3) is 0 Å². The fourth-order valence-corrected chi connectivity index (χ4v) is 1.45. The van der Waals surface area contributed by atoms with Gasteiger partial charge in [-0.3, -0.25) is 0 Å². The van der Waals surface area contributed by atoms with Gasteiger partial charge >= 0.3 is 0 Å². The lowest BCUT2D eigenvalue weighted by atomic mass is 10.1. The summed E-state index contributed by atoms with van der Waals surface area (Å²) in [6.45, 7) is 0. The Kier molecular flexibility index (Phi) is 2.03. The lowest BCUT2D eigenvalue weighted by Crippen LogP contribution is -1.88. The van der Waals surface area contributed by atoms with E-state index in [-0.39, 0.29) is 0 Å². The van der Waals surface area contributed by atoms with Crippen LogP contribution in [-0.4, -0.2) is 7.11 Å². The average molecular weight is 162 g/mol. The molecule has 12 heavy (non-hydrogen) atoms. The standard InChI is InChI=1S/C11H14O/c1-12-11-4-2-3-10(8-11)7-9-5-6-9/h2-4,8-9H,5-7H2,1H3. The maximum Gasteiger partial charge on any atom is 0.119 e. The van der Waals surface area contributed by atoms with Crippen molar-refractivity contribution < 1.29 is 4.74 Å². The molecule has 0 aliphatic heterocycles. The zero-order valence-corrected chi connectivity index (χ0v) is 7.42. The van der Waals surface area contributed by atoms with Crippen molar-refractivity contribution in [3.8, 4) is 5.75 Å². The van der Waals surface area contributed by atoms with Crippen molar-refractivity contribution in [3.05, 3.63) is 29.8 Å². The van der Waals surface area contributed by atoms with E-state index in [9.17, 15) is 0 Å². The van der Waals surface area contributed by atoms with Crippen LogP contribution in [0.4, 0.5) is 0 Å². The molecule has 0 bridgehead atoms. The Morgan fingerprint density at radius 1 is 1.42 bits per heavy atom. The van der Waals surface area contributed by atoms with E-state index >= 15 is 0 Å². The SMILES string of the molecule is COc1cccc(CC2CC2)c1. The third-order valence-corrected chi connectivity index (χ3v) is 2.36. The molecule has 0 N–H and O–H groups in total. The molecule has 0 spiro atoms. The third-order valence-electron chi connectivity index (χ3n) is 2.36. The maximum atomic E-state index is 5.16. The zero-order valence-electron chi connectivity index (χ0n) is 7.42. The van der Waals surface area contributed by atoms with Crippen LogP contribution in [0.2, 0.25) is 0 Å². The van der Waals surface area contributed by atoms with Crippen molar-refractivity contribution in [2.45, 2.75) is 19.3 Å². The van der Waals surface area contributed by atoms with E-state index in [2.05, 4.69) is 18.2 Å². The normalized spacial score (nSPS) is 16.1. The predicted octanol–water partition coefficient (Wildman–Crippen LogP) is 2.65. The molecule has 2 rings (SSSR count). The fourth-order valence-electron chi connectivity index (χ4n) is 1.45. The van der Waals surface area contributed by atoms with Gasteiger partial charge in [-0.2, -0.15) is 0 Å². The number of ether oxygens (including phenoxy) is 1. The summed E-state index contributed by atoms with van der Waals surface area (Å²) in [5.41, 5.74) is 1.41. The Balaban J connectivity index is 2.08. The molecule has 0 atom stereocenters. The van der Waals surface area contributed by atoms with Gasteiger partial charge in [-0.15, -0.1) is 0 Å². The van der Waals surface area contributed by atoms with E-state index in [0.29, 0.717) is 0 Å². The number of benzene rings is 1. The molecule has 1 aliphatic carbocycles. The summed E-state index contributed by atoms with van der Waals surface area (Å²) in [4.78, 5) is 0. The minimum atomic E-state index is 0.956. The molecule has 0 radical (unpaired) electrons. The molecule has 0 aromatic heterocycles. The smallest absolute Gasteiger partial charge is 0.119 e. The van der Waals surface area contributed by atoms with Gasteiger partial charge in [0.1, 0.15) is 5.75 Å². The summed E-state index contributed by atoms with van der Waals surface area (Å²) in [7, 11) is 1.72. The summed E-state index contributed by atoms with van der Waals surface area (Å²) in [6.07, 6.45) is 4.06. The molecule has 0 amide bonds. The van der Waals surface area contributed by atoms with Crippen molar-refractivity contribution in [3.63, 3.8) is 0 Å². The van der Waals surface area contributed by atoms with Crippen LogP contribution in [0.15, 0.2) is 24.3 Å². The number of hydrogen-bond donors (Lipinski definition) is 0. The quantitative estimate of drug-likeness (QED) is 0.664. The topological polar surface area (TPSA) is 9.23 Å². The van der Waals surface area contributed by atoms with Crippen LogP contribution in [0.1, 0.15) is 18.4 Å². The van der Waals surface area contributed by atoms with Crippen LogP contribution >= 0.6 is 0 Å². The minimum Gasteiger partial charge on any atom is -0.497 e. The maximum absolute atomic E-state index is 5.16. The molecule has 0 heterocycles. The van der Waals surface area contributed by atoms with E-state index in [0.717, 1.165) is 11.7 Å². The van der Waals surface area contributed by atoms with Gasteiger partial charge < -0.3 is 4.74 Å². The molecule has 0 unspecified atom stereocenters. The second-order valence-corrected chi connectivity index (χ2v) is 3.50. The van der Waals surface area contributed by atoms with Crippen LogP contribution in [-0.2, 0) is 6.42 Å².